The number of carboxylic acid groups (broad SMARTS) is 1. The lowest BCUT2D eigenvalue weighted by atomic mass is 9.96. The Balaban J connectivity index is 1.22. The van der Waals surface area contributed by atoms with Gasteiger partial charge in [-0.3, -0.25) is 0 Å². The van der Waals surface area contributed by atoms with Gasteiger partial charge in [-0.15, -0.1) is 13.2 Å². The monoisotopic (exact) mass is 557 g/mol. The van der Waals surface area contributed by atoms with Gasteiger partial charge in [0.1, 0.15) is 23.0 Å². The summed E-state index contributed by atoms with van der Waals surface area (Å²) in [4.78, 5) is 18.4. The Morgan fingerprint density at radius 2 is 1.93 bits per heavy atom. The smallest absolute Gasteiger partial charge is 0.478 e. The Bertz CT molecular complexity index is 1420. The summed E-state index contributed by atoms with van der Waals surface area (Å²) in [6, 6.07) is 9.70. The van der Waals surface area contributed by atoms with Gasteiger partial charge in [0.15, 0.2) is 0 Å². The number of carboxylic acids is 1. The van der Waals surface area contributed by atoms with Crippen molar-refractivity contribution in [3.63, 3.8) is 0 Å². The van der Waals surface area contributed by atoms with Crippen molar-refractivity contribution in [2.75, 3.05) is 4.90 Å². The Morgan fingerprint density at radius 1 is 1.15 bits per heavy atom. The van der Waals surface area contributed by atoms with Crippen LogP contribution in [0.4, 0.5) is 19.0 Å². The zero-order chi connectivity index (χ0) is 28.2. The Morgan fingerprint density at radius 3 is 2.60 bits per heavy atom. The van der Waals surface area contributed by atoms with Crippen LogP contribution >= 0.6 is 0 Å². The van der Waals surface area contributed by atoms with Gasteiger partial charge in [-0.25, -0.2) is 9.78 Å². The number of carbonyl (C=O) groups is 1. The number of fused-ring (bicyclic) bond motifs is 2. The second-order valence-corrected chi connectivity index (χ2v) is 11.0. The van der Waals surface area contributed by atoms with Crippen LogP contribution in [0.5, 0.6) is 5.75 Å². The van der Waals surface area contributed by atoms with Crippen molar-refractivity contribution in [3.8, 4) is 17.0 Å². The molecule has 2 aromatic heterocycles. The topological polar surface area (TPSA) is 97.9 Å². The highest BCUT2D eigenvalue weighted by molar-refractivity contribution is 5.89. The van der Waals surface area contributed by atoms with E-state index in [-0.39, 0.29) is 47.6 Å². The average molecular weight is 558 g/mol. The molecule has 1 N–H and O–H groups in total. The maximum absolute atomic E-state index is 13.1. The number of aromatic nitrogens is 2. The van der Waals surface area contributed by atoms with Crippen molar-refractivity contribution in [1.29, 1.82) is 0 Å². The molecular formula is C29H30F3N3O5. The Labute approximate surface area is 229 Å². The van der Waals surface area contributed by atoms with Crippen LogP contribution in [0, 0.1) is 12.8 Å². The van der Waals surface area contributed by atoms with Gasteiger partial charge in [-0.05, 0) is 69.2 Å². The molecule has 4 heterocycles. The van der Waals surface area contributed by atoms with Crippen LogP contribution in [0.2, 0.25) is 0 Å². The summed E-state index contributed by atoms with van der Waals surface area (Å²) in [7, 11) is 0. The van der Waals surface area contributed by atoms with Gasteiger partial charge in [-0.1, -0.05) is 24.2 Å². The standard InChI is InChI=1S/C29H30F3N3O5/c1-15-11-18-12-19(13-23(15)35(18)25-10-9-20(28(36)37)16(2)33-25)38-14-22-26(34-40-27(22)17-7-8-17)21-5-3-4-6-24(21)39-29(30,31)32/h3-6,9-10,15,17-19,23H,7-8,11-14H2,1-2H3,(H,36,37)/t15-,18?,19?,23?/m1/s1. The third kappa shape index (κ3) is 5.14. The highest BCUT2D eigenvalue weighted by atomic mass is 19.4. The molecule has 0 spiro atoms. The van der Waals surface area contributed by atoms with E-state index in [9.17, 15) is 23.1 Å². The summed E-state index contributed by atoms with van der Waals surface area (Å²) in [5.41, 5.74) is 1.88. The first-order valence-electron chi connectivity index (χ1n) is 13.5. The lowest BCUT2D eigenvalue weighted by Crippen LogP contribution is -2.47. The fourth-order valence-electron chi connectivity index (χ4n) is 6.30. The highest BCUT2D eigenvalue weighted by Crippen LogP contribution is 2.47. The van der Waals surface area contributed by atoms with E-state index < -0.39 is 12.3 Å². The van der Waals surface area contributed by atoms with Gasteiger partial charge in [0.25, 0.3) is 0 Å². The van der Waals surface area contributed by atoms with Crippen LogP contribution in [0.25, 0.3) is 11.3 Å². The third-order valence-corrected chi connectivity index (χ3v) is 8.25. The van der Waals surface area contributed by atoms with E-state index in [1.807, 2.05) is 0 Å². The van der Waals surface area contributed by atoms with Gasteiger partial charge >= 0.3 is 12.3 Å². The first-order valence-corrected chi connectivity index (χ1v) is 13.5. The number of hydrogen-bond donors (Lipinski definition) is 1. The van der Waals surface area contributed by atoms with Gasteiger partial charge in [0.05, 0.1) is 24.0 Å². The van der Waals surface area contributed by atoms with E-state index in [2.05, 4.69) is 26.7 Å². The third-order valence-electron chi connectivity index (χ3n) is 8.25. The molecule has 3 aliphatic rings. The van der Waals surface area contributed by atoms with Crippen molar-refractivity contribution >= 4 is 11.8 Å². The molecule has 4 atom stereocenters. The number of anilines is 1. The minimum Gasteiger partial charge on any atom is -0.478 e. The lowest BCUT2D eigenvalue weighted by Gasteiger charge is -2.40. The summed E-state index contributed by atoms with van der Waals surface area (Å²) in [6.07, 6.45) is -0.528. The molecule has 2 aliphatic heterocycles. The highest BCUT2D eigenvalue weighted by Gasteiger charge is 2.46. The van der Waals surface area contributed by atoms with E-state index in [4.69, 9.17) is 9.26 Å². The number of piperidine rings is 1. The fourth-order valence-corrected chi connectivity index (χ4v) is 6.30. The molecule has 3 fully saturated rings. The molecule has 8 nitrogen and oxygen atoms in total. The predicted molar refractivity (Wildman–Crippen MR) is 138 cm³/mol. The number of nitrogens with zero attached hydrogens (tertiary/aromatic N) is 3. The van der Waals surface area contributed by atoms with E-state index in [0.29, 0.717) is 28.6 Å². The summed E-state index contributed by atoms with van der Waals surface area (Å²) < 4.78 is 55.7. The number of halogens is 3. The number of aromatic carboxylic acids is 1. The minimum absolute atomic E-state index is 0.0629. The molecule has 1 saturated carbocycles. The van der Waals surface area contributed by atoms with E-state index >= 15 is 0 Å². The molecule has 0 amide bonds. The maximum Gasteiger partial charge on any atom is 0.573 e. The van der Waals surface area contributed by atoms with Gasteiger partial charge in [0.2, 0.25) is 0 Å². The number of rotatable bonds is 8. The summed E-state index contributed by atoms with van der Waals surface area (Å²) in [5.74, 6) is 0.717. The van der Waals surface area contributed by atoms with Crippen molar-refractivity contribution in [2.24, 2.45) is 5.92 Å². The minimum atomic E-state index is -4.83. The number of aryl methyl sites for hydroxylation is 1. The van der Waals surface area contributed by atoms with Crippen LogP contribution < -0.4 is 9.64 Å². The second kappa shape index (κ2) is 10.1. The van der Waals surface area contributed by atoms with Crippen molar-refractivity contribution in [2.45, 2.75) is 83.0 Å². The molecule has 212 valence electrons. The van der Waals surface area contributed by atoms with Crippen LogP contribution in [0.15, 0.2) is 40.9 Å². The van der Waals surface area contributed by atoms with Crippen LogP contribution in [0.3, 0.4) is 0 Å². The molecular weight excluding hydrogens is 527 g/mol. The molecule has 2 saturated heterocycles. The molecule has 3 unspecified atom stereocenters. The number of benzene rings is 1. The van der Waals surface area contributed by atoms with Crippen molar-refractivity contribution in [1.82, 2.24) is 10.1 Å². The predicted octanol–water partition coefficient (Wildman–Crippen LogP) is 6.48. The molecule has 40 heavy (non-hydrogen) atoms. The average Bonchev–Trinajstić information content (AvgIpc) is 3.61. The summed E-state index contributed by atoms with van der Waals surface area (Å²) in [6.45, 7) is 4.09. The van der Waals surface area contributed by atoms with E-state index in [1.54, 1.807) is 31.2 Å². The zero-order valence-corrected chi connectivity index (χ0v) is 22.1. The lowest BCUT2D eigenvalue weighted by molar-refractivity contribution is -0.274. The van der Waals surface area contributed by atoms with Crippen LogP contribution in [0.1, 0.15) is 72.3 Å². The van der Waals surface area contributed by atoms with Crippen molar-refractivity contribution in [3.05, 3.63) is 59.0 Å². The second-order valence-electron chi connectivity index (χ2n) is 11.0. The van der Waals surface area contributed by atoms with Crippen molar-refractivity contribution < 1.29 is 37.1 Å². The molecule has 3 aromatic rings. The molecule has 1 aromatic carbocycles. The van der Waals surface area contributed by atoms with Gasteiger partial charge < -0.3 is 24.0 Å². The molecule has 0 radical (unpaired) electrons. The quantitative estimate of drug-likeness (QED) is 0.336. The molecule has 11 heteroatoms. The summed E-state index contributed by atoms with van der Waals surface area (Å²) >= 11 is 0. The Kier molecular flexibility index (Phi) is 6.72. The van der Waals surface area contributed by atoms with Crippen LogP contribution in [-0.4, -0.2) is 45.8 Å². The molecule has 2 bridgehead atoms. The number of ether oxygens (including phenoxy) is 2. The SMILES string of the molecule is Cc1nc(N2C3CC(OCc4c(-c5ccccc5OC(F)(F)F)noc4C4CC4)CC2[C@H](C)C3)ccc1C(=O)O. The summed E-state index contributed by atoms with van der Waals surface area (Å²) in [5, 5.41) is 13.5. The number of pyridine rings is 1. The first kappa shape index (κ1) is 26.6. The largest absolute Gasteiger partial charge is 0.573 e. The zero-order valence-electron chi connectivity index (χ0n) is 22.1. The van der Waals surface area contributed by atoms with E-state index in [1.165, 1.54) is 12.1 Å². The van der Waals surface area contributed by atoms with Gasteiger partial charge in [0, 0.05) is 29.1 Å². The van der Waals surface area contributed by atoms with Gasteiger partial charge in [-0.2, -0.15) is 0 Å². The van der Waals surface area contributed by atoms with E-state index in [0.717, 1.165) is 37.9 Å². The fraction of sp³-hybridized carbons (Fsp3) is 0.483. The molecule has 1 aliphatic carbocycles. The normalized spacial score (nSPS) is 24.4. The van der Waals surface area contributed by atoms with Crippen LogP contribution in [-0.2, 0) is 11.3 Å². The first-order chi connectivity index (χ1) is 19.1. The number of hydrogen-bond acceptors (Lipinski definition) is 7. The number of para-hydroxylation sites is 1. The number of alkyl halides is 3. The Hall–Kier alpha value is -3.60. The maximum atomic E-state index is 13.1. The molecule has 6 rings (SSSR count).